The lowest BCUT2D eigenvalue weighted by Gasteiger charge is -2.26. The van der Waals surface area contributed by atoms with E-state index < -0.39 is 0 Å². The first-order valence-corrected chi connectivity index (χ1v) is 7.52. The number of carbonyl (C=O) groups is 1. The Balaban J connectivity index is 0.00000161. The molecule has 1 aromatic carbocycles. The number of para-hydroxylation sites is 1. The average molecular weight is 311 g/mol. The molecule has 2 N–H and O–H groups in total. The van der Waals surface area contributed by atoms with E-state index in [2.05, 4.69) is 16.7 Å². The smallest absolute Gasteiger partial charge is 0.233 e. The van der Waals surface area contributed by atoms with E-state index in [1.54, 1.807) is 0 Å². The molecule has 1 fully saturated rings. The minimum atomic E-state index is 0. The molecule has 21 heavy (non-hydrogen) atoms. The Bertz CT molecular complexity index is 477. The lowest BCUT2D eigenvalue weighted by Crippen LogP contribution is -2.37. The quantitative estimate of drug-likeness (QED) is 0.846. The third-order valence-corrected chi connectivity index (χ3v) is 4.04. The van der Waals surface area contributed by atoms with Gasteiger partial charge in [0.25, 0.3) is 0 Å². The van der Waals surface area contributed by atoms with Crippen molar-refractivity contribution in [1.29, 1.82) is 0 Å². The Morgan fingerprint density at radius 3 is 2.81 bits per heavy atom. The van der Waals surface area contributed by atoms with Crippen LogP contribution in [0.1, 0.15) is 30.7 Å². The zero-order valence-corrected chi connectivity index (χ0v) is 13.0. The Labute approximate surface area is 132 Å². The maximum atomic E-state index is 11.8. The number of hydrogen-bond acceptors (Lipinski definition) is 3. The fourth-order valence-electron chi connectivity index (χ4n) is 2.64. The van der Waals surface area contributed by atoms with Crippen LogP contribution in [0.5, 0.6) is 5.75 Å². The third kappa shape index (κ3) is 4.61. The van der Waals surface area contributed by atoms with Crippen LogP contribution in [-0.2, 0) is 4.79 Å². The molecule has 0 saturated heterocycles. The van der Waals surface area contributed by atoms with E-state index in [1.807, 2.05) is 18.2 Å². The molecule has 1 heterocycles. The number of rotatable bonds is 6. The Kier molecular flexibility index (Phi) is 5.88. The second kappa shape index (κ2) is 7.66. The van der Waals surface area contributed by atoms with Gasteiger partial charge in [0.1, 0.15) is 5.75 Å². The maximum Gasteiger partial charge on any atom is 0.233 e. The van der Waals surface area contributed by atoms with Crippen LogP contribution in [0, 0.1) is 5.92 Å². The van der Waals surface area contributed by atoms with Crippen LogP contribution in [0.15, 0.2) is 24.3 Å². The molecule has 0 radical (unpaired) electrons. The zero-order chi connectivity index (χ0) is 13.8. The number of fused-ring (bicyclic) bond motifs is 1. The summed E-state index contributed by atoms with van der Waals surface area (Å²) in [6.07, 6.45) is 3.59. The number of hydrogen-bond donors (Lipinski definition) is 2. The maximum absolute atomic E-state index is 11.8. The van der Waals surface area contributed by atoms with Crippen molar-refractivity contribution in [3.8, 4) is 5.75 Å². The summed E-state index contributed by atoms with van der Waals surface area (Å²) in [4.78, 5) is 11.8. The van der Waals surface area contributed by atoms with E-state index in [0.29, 0.717) is 19.0 Å². The molecule has 1 atom stereocenters. The number of amides is 1. The van der Waals surface area contributed by atoms with Crippen molar-refractivity contribution in [3.05, 3.63) is 29.8 Å². The number of nitrogens with one attached hydrogen (secondary N) is 2. The van der Waals surface area contributed by atoms with E-state index in [9.17, 15) is 4.79 Å². The molecule has 0 bridgehead atoms. The minimum absolute atomic E-state index is 0. The highest BCUT2D eigenvalue weighted by molar-refractivity contribution is 5.85. The SMILES string of the molecule is Cl.O=C(CNCC1CC1)NCC1CCOc2ccccc21. The van der Waals surface area contributed by atoms with Crippen molar-refractivity contribution in [1.82, 2.24) is 10.6 Å². The van der Waals surface area contributed by atoms with Gasteiger partial charge in [-0.1, -0.05) is 18.2 Å². The van der Waals surface area contributed by atoms with Crippen molar-refractivity contribution < 1.29 is 9.53 Å². The van der Waals surface area contributed by atoms with Crippen molar-refractivity contribution in [2.75, 3.05) is 26.2 Å². The molecule has 3 rings (SSSR count). The van der Waals surface area contributed by atoms with Gasteiger partial charge in [0.05, 0.1) is 13.2 Å². The summed E-state index contributed by atoms with van der Waals surface area (Å²) in [5.74, 6) is 2.23. The molecule has 5 heteroatoms. The minimum Gasteiger partial charge on any atom is -0.493 e. The van der Waals surface area contributed by atoms with Gasteiger partial charge in [0, 0.05) is 12.5 Å². The molecule has 116 valence electrons. The van der Waals surface area contributed by atoms with Gasteiger partial charge in [-0.15, -0.1) is 12.4 Å². The Hall–Kier alpha value is -1.26. The molecular formula is C16H23ClN2O2. The number of halogens is 1. The number of benzene rings is 1. The molecule has 1 unspecified atom stereocenters. The summed E-state index contributed by atoms with van der Waals surface area (Å²) in [6.45, 7) is 2.84. The largest absolute Gasteiger partial charge is 0.493 e. The highest BCUT2D eigenvalue weighted by Gasteiger charge is 2.22. The first kappa shape index (κ1) is 16.1. The van der Waals surface area contributed by atoms with Crippen LogP contribution in [-0.4, -0.2) is 32.1 Å². The van der Waals surface area contributed by atoms with Crippen LogP contribution in [0.2, 0.25) is 0 Å². The highest BCUT2D eigenvalue weighted by atomic mass is 35.5. The fraction of sp³-hybridized carbons (Fsp3) is 0.562. The molecule has 1 aliphatic carbocycles. The van der Waals surface area contributed by atoms with Crippen molar-refractivity contribution >= 4 is 18.3 Å². The van der Waals surface area contributed by atoms with Gasteiger partial charge in [-0.05, 0) is 43.4 Å². The lowest BCUT2D eigenvalue weighted by atomic mass is 9.93. The van der Waals surface area contributed by atoms with E-state index in [0.717, 1.165) is 31.2 Å². The summed E-state index contributed by atoms with van der Waals surface area (Å²) >= 11 is 0. The zero-order valence-electron chi connectivity index (χ0n) is 12.1. The predicted octanol–water partition coefficient (Wildman–Crippen LogP) is 2.09. The van der Waals surface area contributed by atoms with Crippen LogP contribution >= 0.6 is 12.4 Å². The van der Waals surface area contributed by atoms with Gasteiger partial charge in [0.15, 0.2) is 0 Å². The normalized spacial score (nSPS) is 19.9. The third-order valence-electron chi connectivity index (χ3n) is 4.04. The molecular weight excluding hydrogens is 288 g/mol. The standard InChI is InChI=1S/C16H22N2O2.ClH/c19-16(11-17-9-12-5-6-12)18-10-13-7-8-20-15-4-2-1-3-14(13)15;/h1-4,12-13,17H,5-11H2,(H,18,19);1H. The molecule has 1 amide bonds. The predicted molar refractivity (Wildman–Crippen MR) is 85.1 cm³/mol. The number of ether oxygens (including phenoxy) is 1. The number of carbonyl (C=O) groups excluding carboxylic acids is 1. The van der Waals surface area contributed by atoms with E-state index in [-0.39, 0.29) is 18.3 Å². The van der Waals surface area contributed by atoms with Gasteiger partial charge < -0.3 is 15.4 Å². The second-order valence-corrected chi connectivity index (χ2v) is 5.75. The van der Waals surface area contributed by atoms with Crippen LogP contribution in [0.4, 0.5) is 0 Å². The molecule has 0 aromatic heterocycles. The highest BCUT2D eigenvalue weighted by Crippen LogP contribution is 2.32. The first-order chi connectivity index (χ1) is 9.83. The average Bonchev–Trinajstić information content (AvgIpc) is 3.29. The summed E-state index contributed by atoms with van der Waals surface area (Å²) < 4.78 is 5.63. The first-order valence-electron chi connectivity index (χ1n) is 7.52. The molecule has 2 aliphatic rings. The monoisotopic (exact) mass is 310 g/mol. The van der Waals surface area contributed by atoms with Gasteiger partial charge in [-0.3, -0.25) is 4.79 Å². The van der Waals surface area contributed by atoms with Crippen molar-refractivity contribution in [2.24, 2.45) is 5.92 Å². The van der Waals surface area contributed by atoms with Gasteiger partial charge in [0.2, 0.25) is 5.91 Å². The fourth-order valence-corrected chi connectivity index (χ4v) is 2.64. The molecule has 1 aliphatic heterocycles. The van der Waals surface area contributed by atoms with E-state index >= 15 is 0 Å². The summed E-state index contributed by atoms with van der Waals surface area (Å²) in [5.41, 5.74) is 1.21. The molecule has 1 saturated carbocycles. The summed E-state index contributed by atoms with van der Waals surface area (Å²) in [5, 5.41) is 6.25. The topological polar surface area (TPSA) is 50.4 Å². The summed E-state index contributed by atoms with van der Waals surface area (Å²) in [7, 11) is 0. The Morgan fingerprint density at radius 2 is 2.00 bits per heavy atom. The summed E-state index contributed by atoms with van der Waals surface area (Å²) in [6, 6.07) is 8.11. The van der Waals surface area contributed by atoms with Crippen LogP contribution < -0.4 is 15.4 Å². The second-order valence-electron chi connectivity index (χ2n) is 5.75. The lowest BCUT2D eigenvalue weighted by molar-refractivity contribution is -0.120. The van der Waals surface area contributed by atoms with Gasteiger partial charge >= 0.3 is 0 Å². The van der Waals surface area contributed by atoms with Crippen LogP contribution in [0.25, 0.3) is 0 Å². The molecule has 0 spiro atoms. The van der Waals surface area contributed by atoms with E-state index in [4.69, 9.17) is 4.74 Å². The Morgan fingerprint density at radius 1 is 1.19 bits per heavy atom. The van der Waals surface area contributed by atoms with Gasteiger partial charge in [-0.25, -0.2) is 0 Å². The van der Waals surface area contributed by atoms with Gasteiger partial charge in [-0.2, -0.15) is 0 Å². The van der Waals surface area contributed by atoms with Crippen molar-refractivity contribution in [3.63, 3.8) is 0 Å². The molecule has 4 nitrogen and oxygen atoms in total. The van der Waals surface area contributed by atoms with Crippen molar-refractivity contribution in [2.45, 2.75) is 25.2 Å². The van der Waals surface area contributed by atoms with Crippen LogP contribution in [0.3, 0.4) is 0 Å². The molecule has 1 aromatic rings. The van der Waals surface area contributed by atoms with E-state index in [1.165, 1.54) is 18.4 Å².